The van der Waals surface area contributed by atoms with Crippen molar-refractivity contribution in [3.8, 4) is 0 Å². The smallest absolute Gasteiger partial charge is 0.303 e. The van der Waals surface area contributed by atoms with E-state index in [-0.39, 0.29) is 13.0 Å². The van der Waals surface area contributed by atoms with E-state index in [1.807, 2.05) is 0 Å². The van der Waals surface area contributed by atoms with Crippen molar-refractivity contribution in [3.05, 3.63) is 0 Å². The number of hydrogen-bond donors (Lipinski definition) is 0. The van der Waals surface area contributed by atoms with Crippen LogP contribution in [0.3, 0.4) is 0 Å². The van der Waals surface area contributed by atoms with Gasteiger partial charge in [0.2, 0.25) is 0 Å². The van der Waals surface area contributed by atoms with E-state index < -0.39 is 6.04 Å². The lowest BCUT2D eigenvalue weighted by atomic mass is 10.5. The molecule has 0 bridgehead atoms. The Balaban J connectivity index is 2.99. The molecule has 0 radical (unpaired) electrons. The molecular weight excluding hydrogens is 379 g/mol. The molecule has 0 aromatic rings. The number of carbonyl (C=O) groups excluding carboxylic acids is 1. The van der Waals surface area contributed by atoms with Crippen molar-refractivity contribution in [2.75, 3.05) is 106 Å². The highest BCUT2D eigenvalue weighted by Crippen LogP contribution is 1.88. The Morgan fingerprint density at radius 1 is 0.500 bits per heavy atom. The van der Waals surface area contributed by atoms with Crippen LogP contribution in [0.4, 0.5) is 4.39 Å². The lowest BCUT2D eigenvalue weighted by molar-refractivity contribution is -0.130. The summed E-state index contributed by atoms with van der Waals surface area (Å²) in [6, 6.07) is -1.37. The lowest BCUT2D eigenvalue weighted by Crippen LogP contribution is -2.15. The molecule has 0 heterocycles. The summed E-state index contributed by atoms with van der Waals surface area (Å²) in [6.07, 6.45) is -0.215. The molecule has 0 spiro atoms. The SMILES string of the molecule is COCCOCCOCCOCCOCCOCCOCCOCCC(=O)F. The van der Waals surface area contributed by atoms with Gasteiger partial charge in [-0.2, -0.15) is 4.39 Å². The van der Waals surface area contributed by atoms with E-state index in [0.29, 0.717) is 92.5 Å². The van der Waals surface area contributed by atoms with Crippen LogP contribution in [0.1, 0.15) is 6.42 Å². The van der Waals surface area contributed by atoms with Gasteiger partial charge in [0.25, 0.3) is 0 Å². The number of hydrogen-bond acceptors (Lipinski definition) is 9. The Morgan fingerprint density at radius 2 is 0.750 bits per heavy atom. The molecule has 0 aliphatic carbocycles. The van der Waals surface area contributed by atoms with Gasteiger partial charge in [-0.05, 0) is 0 Å². The van der Waals surface area contributed by atoms with E-state index in [9.17, 15) is 9.18 Å². The zero-order chi connectivity index (χ0) is 20.5. The first-order valence-electron chi connectivity index (χ1n) is 9.49. The van der Waals surface area contributed by atoms with E-state index in [1.165, 1.54) is 0 Å². The second-order valence-electron chi connectivity index (χ2n) is 5.38. The first-order valence-corrected chi connectivity index (χ1v) is 9.49. The van der Waals surface area contributed by atoms with Gasteiger partial charge in [-0.3, -0.25) is 4.79 Å². The molecule has 0 saturated carbocycles. The number of methoxy groups -OCH3 is 1. The third kappa shape index (κ3) is 25.3. The molecule has 28 heavy (non-hydrogen) atoms. The molecular formula is C18H35FO9. The Hall–Kier alpha value is -0.720. The quantitative estimate of drug-likeness (QED) is 0.167. The number of rotatable bonds is 24. The lowest BCUT2D eigenvalue weighted by Gasteiger charge is -2.08. The highest BCUT2D eigenvalue weighted by molar-refractivity contribution is 5.67. The molecule has 0 atom stereocenters. The molecule has 0 aliphatic rings. The van der Waals surface area contributed by atoms with E-state index in [0.717, 1.165) is 0 Å². The van der Waals surface area contributed by atoms with Crippen LogP contribution in [-0.2, 0) is 42.7 Å². The van der Waals surface area contributed by atoms with Crippen LogP contribution in [-0.4, -0.2) is 112 Å². The molecule has 0 saturated heterocycles. The summed E-state index contributed by atoms with van der Waals surface area (Å²) in [6.45, 7) is 6.93. The molecule has 0 rings (SSSR count). The van der Waals surface area contributed by atoms with Gasteiger partial charge in [0, 0.05) is 7.11 Å². The van der Waals surface area contributed by atoms with Gasteiger partial charge in [0.05, 0.1) is 106 Å². The van der Waals surface area contributed by atoms with Gasteiger partial charge in [0.15, 0.2) is 0 Å². The van der Waals surface area contributed by atoms with Crippen LogP contribution in [0.5, 0.6) is 0 Å². The summed E-state index contributed by atoms with van der Waals surface area (Å²) >= 11 is 0. The first-order chi connectivity index (χ1) is 13.8. The highest BCUT2D eigenvalue weighted by Gasteiger charge is 1.97. The van der Waals surface area contributed by atoms with E-state index in [2.05, 4.69) is 0 Å². The number of halogens is 1. The van der Waals surface area contributed by atoms with Crippen LogP contribution in [0.25, 0.3) is 0 Å². The molecule has 0 N–H and O–H groups in total. The number of carbonyl (C=O) groups is 1. The molecule has 9 nitrogen and oxygen atoms in total. The Labute approximate surface area is 166 Å². The fraction of sp³-hybridized carbons (Fsp3) is 0.944. The highest BCUT2D eigenvalue weighted by atomic mass is 19.1. The topological polar surface area (TPSA) is 90.9 Å². The van der Waals surface area contributed by atoms with Gasteiger partial charge >= 0.3 is 6.04 Å². The van der Waals surface area contributed by atoms with Crippen LogP contribution in [0, 0.1) is 0 Å². The second-order valence-corrected chi connectivity index (χ2v) is 5.38. The molecule has 0 fully saturated rings. The van der Waals surface area contributed by atoms with Crippen LogP contribution < -0.4 is 0 Å². The van der Waals surface area contributed by atoms with E-state index in [4.69, 9.17) is 37.9 Å². The van der Waals surface area contributed by atoms with Gasteiger partial charge in [-0.1, -0.05) is 0 Å². The first kappa shape index (κ1) is 27.3. The summed E-state index contributed by atoms with van der Waals surface area (Å²) < 4.78 is 53.7. The minimum Gasteiger partial charge on any atom is -0.382 e. The zero-order valence-corrected chi connectivity index (χ0v) is 16.9. The van der Waals surface area contributed by atoms with Crippen molar-refractivity contribution < 1.29 is 47.1 Å². The van der Waals surface area contributed by atoms with Crippen molar-refractivity contribution in [1.82, 2.24) is 0 Å². The predicted octanol–water partition coefficient (Wildman–Crippen LogP) is 0.635. The van der Waals surface area contributed by atoms with Gasteiger partial charge in [-0.25, -0.2) is 0 Å². The Bertz CT molecular complexity index is 321. The third-order valence-corrected chi connectivity index (χ3v) is 3.11. The Morgan fingerprint density at radius 3 is 1.00 bits per heavy atom. The van der Waals surface area contributed by atoms with Crippen molar-refractivity contribution in [2.45, 2.75) is 6.42 Å². The van der Waals surface area contributed by atoms with Gasteiger partial charge in [-0.15, -0.1) is 0 Å². The minimum absolute atomic E-state index is 0.0769. The summed E-state index contributed by atoms with van der Waals surface area (Å²) in [4.78, 5) is 10.0. The molecule has 10 heteroatoms. The maximum absolute atomic E-state index is 11.9. The average molecular weight is 414 g/mol. The molecule has 0 aromatic heterocycles. The van der Waals surface area contributed by atoms with Crippen molar-refractivity contribution in [3.63, 3.8) is 0 Å². The Kier molecular flexibility index (Phi) is 23.7. The fourth-order valence-electron chi connectivity index (χ4n) is 1.72. The molecule has 168 valence electrons. The largest absolute Gasteiger partial charge is 0.382 e. The summed E-state index contributed by atoms with van der Waals surface area (Å²) in [7, 11) is 1.63. The zero-order valence-electron chi connectivity index (χ0n) is 16.9. The normalized spacial score (nSPS) is 11.2. The molecule has 0 unspecified atom stereocenters. The standard InChI is InChI=1S/C18H35FO9/c1-21-4-5-23-8-9-25-12-13-27-16-17-28-15-14-26-11-10-24-7-6-22-3-2-18(19)20/h2-17H2,1H3. The maximum atomic E-state index is 11.9. The monoisotopic (exact) mass is 414 g/mol. The van der Waals surface area contributed by atoms with Gasteiger partial charge in [0.1, 0.15) is 0 Å². The van der Waals surface area contributed by atoms with E-state index in [1.54, 1.807) is 7.11 Å². The van der Waals surface area contributed by atoms with Crippen LogP contribution >= 0.6 is 0 Å². The molecule has 0 aromatic carbocycles. The van der Waals surface area contributed by atoms with Crippen molar-refractivity contribution in [2.24, 2.45) is 0 Å². The van der Waals surface area contributed by atoms with Crippen LogP contribution in [0.15, 0.2) is 0 Å². The molecule has 0 amide bonds. The second kappa shape index (κ2) is 24.3. The van der Waals surface area contributed by atoms with Crippen molar-refractivity contribution >= 4 is 6.04 Å². The van der Waals surface area contributed by atoms with Gasteiger partial charge < -0.3 is 37.9 Å². The predicted molar refractivity (Wildman–Crippen MR) is 98.3 cm³/mol. The minimum atomic E-state index is -1.37. The van der Waals surface area contributed by atoms with E-state index >= 15 is 0 Å². The number of ether oxygens (including phenoxy) is 8. The molecule has 0 aliphatic heterocycles. The fourth-order valence-corrected chi connectivity index (χ4v) is 1.72. The third-order valence-electron chi connectivity index (χ3n) is 3.11. The summed E-state index contributed by atoms with van der Waals surface area (Å²) in [5.74, 6) is 0. The summed E-state index contributed by atoms with van der Waals surface area (Å²) in [5.41, 5.74) is 0. The van der Waals surface area contributed by atoms with Crippen molar-refractivity contribution in [1.29, 1.82) is 0 Å². The average Bonchev–Trinajstić information content (AvgIpc) is 2.68. The maximum Gasteiger partial charge on any atom is 0.303 e. The van der Waals surface area contributed by atoms with Crippen LogP contribution in [0.2, 0.25) is 0 Å². The summed E-state index contributed by atoms with van der Waals surface area (Å²) in [5, 5.41) is 0.